The first-order chi connectivity index (χ1) is 18.7. The Kier molecular flexibility index (Phi) is 9.71. The Balaban J connectivity index is 1.62. The molecule has 1 heterocycles. The second kappa shape index (κ2) is 13.2. The van der Waals surface area contributed by atoms with Gasteiger partial charge >= 0.3 is 0 Å². The first-order valence-electron chi connectivity index (χ1n) is 14.6. The average Bonchev–Trinajstić information content (AvgIpc) is 2.90. The standard InChI is InChI=1S/C33H45N3O3/c1-5-38-29-22-28-24(21-30(29)39-25-14-10-7-11-15-25)20-27(32(34)36-28)26(23-12-8-6-9-13-23)16-17-31(37)35-19-18-33(2,3)4/h7,10-11,14-15,20-23,26H,5-6,8-9,12-13,16-19H2,1-4H3,(H2,34,36)(H,35,37). The number of carbonyl (C=O) groups excluding carboxylic acids is 1. The highest BCUT2D eigenvalue weighted by molar-refractivity contribution is 5.85. The second-order valence-electron chi connectivity index (χ2n) is 12.0. The fourth-order valence-corrected chi connectivity index (χ4v) is 5.61. The number of nitrogens with zero attached hydrogens (tertiary/aromatic N) is 1. The number of aromatic nitrogens is 1. The largest absolute Gasteiger partial charge is 0.490 e. The van der Waals surface area contributed by atoms with Gasteiger partial charge in [0, 0.05) is 24.4 Å². The topological polar surface area (TPSA) is 86.5 Å². The van der Waals surface area contributed by atoms with Crippen LogP contribution in [0.5, 0.6) is 17.2 Å². The SMILES string of the molecule is CCOc1cc2nc(N)c(C(CCC(=O)NCCC(C)(C)C)C3CCCCC3)cc2cc1Oc1ccccc1. The molecule has 6 heteroatoms. The number of ether oxygens (including phenoxy) is 2. The van der Waals surface area contributed by atoms with E-state index in [4.69, 9.17) is 20.2 Å². The maximum absolute atomic E-state index is 12.8. The van der Waals surface area contributed by atoms with Gasteiger partial charge in [-0.1, -0.05) is 58.2 Å². The van der Waals surface area contributed by atoms with Crippen LogP contribution in [0.4, 0.5) is 5.82 Å². The summed E-state index contributed by atoms with van der Waals surface area (Å²) in [6, 6.07) is 15.8. The third-order valence-electron chi connectivity index (χ3n) is 7.71. The van der Waals surface area contributed by atoms with Crippen molar-refractivity contribution in [2.45, 2.75) is 85.0 Å². The number of para-hydroxylation sites is 1. The zero-order valence-electron chi connectivity index (χ0n) is 24.1. The number of fused-ring (bicyclic) bond motifs is 1. The molecule has 0 bridgehead atoms. The lowest BCUT2D eigenvalue weighted by Gasteiger charge is -2.31. The van der Waals surface area contributed by atoms with E-state index in [1.54, 1.807) is 0 Å². The molecule has 3 aromatic rings. The molecule has 1 aromatic heterocycles. The zero-order valence-corrected chi connectivity index (χ0v) is 24.1. The third-order valence-corrected chi connectivity index (χ3v) is 7.71. The zero-order chi connectivity index (χ0) is 27.8. The van der Waals surface area contributed by atoms with Gasteiger partial charge in [-0.3, -0.25) is 4.79 Å². The molecule has 0 spiro atoms. The maximum atomic E-state index is 12.8. The summed E-state index contributed by atoms with van der Waals surface area (Å²) in [5, 5.41) is 4.09. The Hall–Kier alpha value is -3.28. The molecule has 3 N–H and O–H groups in total. The van der Waals surface area contributed by atoms with Crippen LogP contribution in [-0.2, 0) is 4.79 Å². The van der Waals surface area contributed by atoms with E-state index in [0.717, 1.165) is 35.1 Å². The molecule has 1 aliphatic carbocycles. The number of rotatable bonds is 11. The van der Waals surface area contributed by atoms with Gasteiger partial charge in [0.1, 0.15) is 11.6 Å². The Bertz CT molecular complexity index is 1230. The number of hydrogen-bond donors (Lipinski definition) is 2. The van der Waals surface area contributed by atoms with E-state index in [-0.39, 0.29) is 17.2 Å². The number of amides is 1. The Morgan fingerprint density at radius 1 is 1.08 bits per heavy atom. The molecule has 1 atom stereocenters. The maximum Gasteiger partial charge on any atom is 0.220 e. The summed E-state index contributed by atoms with van der Waals surface area (Å²) in [6.07, 6.45) is 8.30. The molecule has 4 rings (SSSR count). The molecule has 0 aliphatic heterocycles. The minimum absolute atomic E-state index is 0.118. The van der Waals surface area contributed by atoms with Crippen molar-refractivity contribution in [2.75, 3.05) is 18.9 Å². The molecule has 1 amide bonds. The van der Waals surface area contributed by atoms with Crippen molar-refractivity contribution in [3.05, 3.63) is 54.1 Å². The van der Waals surface area contributed by atoms with Gasteiger partial charge < -0.3 is 20.5 Å². The summed E-state index contributed by atoms with van der Waals surface area (Å²) in [4.78, 5) is 17.6. The molecule has 0 saturated heterocycles. The lowest BCUT2D eigenvalue weighted by atomic mass is 9.74. The van der Waals surface area contributed by atoms with Gasteiger partial charge in [-0.2, -0.15) is 0 Å². The van der Waals surface area contributed by atoms with Gasteiger partial charge in [0.25, 0.3) is 0 Å². The Morgan fingerprint density at radius 2 is 1.82 bits per heavy atom. The van der Waals surface area contributed by atoms with E-state index in [1.165, 1.54) is 32.1 Å². The molecular formula is C33H45N3O3. The first kappa shape index (κ1) is 28.7. The minimum atomic E-state index is 0.118. The first-order valence-corrected chi connectivity index (χ1v) is 14.6. The normalized spacial score (nSPS) is 15.2. The summed E-state index contributed by atoms with van der Waals surface area (Å²) >= 11 is 0. The summed E-state index contributed by atoms with van der Waals surface area (Å²) in [5.41, 5.74) is 8.66. The highest BCUT2D eigenvalue weighted by Crippen LogP contribution is 2.43. The lowest BCUT2D eigenvalue weighted by molar-refractivity contribution is -0.121. The Labute approximate surface area is 233 Å². The van der Waals surface area contributed by atoms with E-state index in [1.807, 2.05) is 49.4 Å². The summed E-state index contributed by atoms with van der Waals surface area (Å²) in [6.45, 7) is 9.77. The number of hydrogen-bond acceptors (Lipinski definition) is 5. The fraction of sp³-hybridized carbons (Fsp3) is 0.515. The van der Waals surface area contributed by atoms with Crippen LogP contribution < -0.4 is 20.5 Å². The lowest BCUT2D eigenvalue weighted by Crippen LogP contribution is -2.28. The van der Waals surface area contributed by atoms with Gasteiger partial charge in [-0.25, -0.2) is 4.98 Å². The number of nitrogen functional groups attached to an aromatic ring is 1. The van der Waals surface area contributed by atoms with Crippen LogP contribution in [-0.4, -0.2) is 24.0 Å². The van der Waals surface area contributed by atoms with Crippen molar-refractivity contribution in [3.8, 4) is 17.2 Å². The predicted octanol–water partition coefficient (Wildman–Crippen LogP) is 8.00. The van der Waals surface area contributed by atoms with Gasteiger partial charge in [-0.15, -0.1) is 0 Å². The molecule has 1 fully saturated rings. The molecule has 1 unspecified atom stereocenters. The summed E-state index contributed by atoms with van der Waals surface area (Å²) in [5.74, 6) is 3.41. The highest BCUT2D eigenvalue weighted by atomic mass is 16.5. The van der Waals surface area contributed by atoms with E-state index >= 15 is 0 Å². The van der Waals surface area contributed by atoms with Crippen molar-refractivity contribution >= 4 is 22.6 Å². The molecule has 1 saturated carbocycles. The Morgan fingerprint density at radius 3 is 2.51 bits per heavy atom. The number of pyridine rings is 1. The van der Waals surface area contributed by atoms with E-state index in [0.29, 0.717) is 42.8 Å². The van der Waals surface area contributed by atoms with Crippen LogP contribution in [0.25, 0.3) is 10.9 Å². The van der Waals surface area contributed by atoms with Gasteiger partial charge in [0.15, 0.2) is 11.5 Å². The molecule has 210 valence electrons. The highest BCUT2D eigenvalue weighted by Gasteiger charge is 2.28. The summed E-state index contributed by atoms with van der Waals surface area (Å²) < 4.78 is 12.1. The number of anilines is 1. The predicted molar refractivity (Wildman–Crippen MR) is 159 cm³/mol. The van der Waals surface area contributed by atoms with Crippen LogP contribution in [0, 0.1) is 11.3 Å². The molecule has 39 heavy (non-hydrogen) atoms. The van der Waals surface area contributed by atoms with Gasteiger partial charge in [-0.05, 0) is 79.7 Å². The van der Waals surface area contributed by atoms with Gasteiger partial charge in [0.05, 0.1) is 12.1 Å². The minimum Gasteiger partial charge on any atom is -0.490 e. The second-order valence-corrected chi connectivity index (χ2v) is 12.0. The van der Waals surface area contributed by atoms with Crippen LogP contribution in [0.3, 0.4) is 0 Å². The molecule has 1 aliphatic rings. The van der Waals surface area contributed by atoms with Crippen molar-refractivity contribution in [1.29, 1.82) is 0 Å². The van der Waals surface area contributed by atoms with E-state index < -0.39 is 0 Å². The van der Waals surface area contributed by atoms with Gasteiger partial charge in [0.2, 0.25) is 5.91 Å². The van der Waals surface area contributed by atoms with Crippen molar-refractivity contribution in [3.63, 3.8) is 0 Å². The molecule has 0 radical (unpaired) electrons. The monoisotopic (exact) mass is 531 g/mol. The number of benzene rings is 2. The number of carbonyl (C=O) groups is 1. The fourth-order valence-electron chi connectivity index (χ4n) is 5.61. The smallest absolute Gasteiger partial charge is 0.220 e. The third kappa shape index (κ3) is 8.11. The number of nitrogens with one attached hydrogen (secondary N) is 1. The van der Waals surface area contributed by atoms with Crippen LogP contribution in [0.15, 0.2) is 48.5 Å². The van der Waals surface area contributed by atoms with Crippen LogP contribution in [0.2, 0.25) is 0 Å². The summed E-state index contributed by atoms with van der Waals surface area (Å²) in [7, 11) is 0. The molecule has 2 aromatic carbocycles. The quantitative estimate of drug-likeness (QED) is 0.262. The van der Waals surface area contributed by atoms with Crippen molar-refractivity contribution in [1.82, 2.24) is 10.3 Å². The van der Waals surface area contributed by atoms with E-state index in [2.05, 4.69) is 32.2 Å². The van der Waals surface area contributed by atoms with E-state index in [9.17, 15) is 4.79 Å². The number of nitrogens with two attached hydrogens (primary N) is 1. The van der Waals surface area contributed by atoms with Crippen LogP contribution >= 0.6 is 0 Å². The van der Waals surface area contributed by atoms with Crippen molar-refractivity contribution < 1.29 is 14.3 Å². The van der Waals surface area contributed by atoms with Crippen molar-refractivity contribution in [2.24, 2.45) is 11.3 Å². The van der Waals surface area contributed by atoms with Crippen LogP contribution in [0.1, 0.15) is 90.5 Å². The molecular weight excluding hydrogens is 486 g/mol. The molecule has 6 nitrogen and oxygen atoms in total. The average molecular weight is 532 g/mol.